The number of ketones is 1. The quantitative estimate of drug-likeness (QED) is 0.781. The molecule has 0 radical (unpaired) electrons. The molecule has 1 unspecified atom stereocenters. The van der Waals surface area contributed by atoms with Gasteiger partial charge in [-0.2, -0.15) is 0 Å². The topological polar surface area (TPSA) is 62.6 Å². The summed E-state index contributed by atoms with van der Waals surface area (Å²) in [5.74, 6) is 0.342. The Bertz CT molecular complexity index is 492. The summed E-state index contributed by atoms with van der Waals surface area (Å²) >= 11 is 0. The van der Waals surface area contributed by atoms with Crippen LogP contribution in [0.2, 0.25) is 0 Å². The SMILES string of the molecule is CC1=Nc2nc(CO)cc(C)c2C(=O)C1C. The average molecular weight is 218 g/mol. The van der Waals surface area contributed by atoms with Crippen molar-refractivity contribution >= 4 is 17.3 Å². The number of nitrogens with zero attached hydrogens (tertiary/aromatic N) is 2. The van der Waals surface area contributed by atoms with Gasteiger partial charge in [-0.25, -0.2) is 9.98 Å². The van der Waals surface area contributed by atoms with Crippen LogP contribution in [0.3, 0.4) is 0 Å². The second-order valence-corrected chi connectivity index (χ2v) is 4.13. The summed E-state index contributed by atoms with van der Waals surface area (Å²) in [7, 11) is 0. The van der Waals surface area contributed by atoms with Gasteiger partial charge in [0.05, 0.1) is 23.8 Å². The molecule has 16 heavy (non-hydrogen) atoms. The molecule has 2 heterocycles. The molecule has 0 spiro atoms. The molecule has 1 N–H and O–H groups in total. The van der Waals surface area contributed by atoms with Crippen LogP contribution in [0.5, 0.6) is 0 Å². The van der Waals surface area contributed by atoms with Crippen LogP contribution in [-0.4, -0.2) is 21.6 Å². The Kier molecular flexibility index (Phi) is 2.59. The minimum Gasteiger partial charge on any atom is -0.390 e. The Morgan fingerprint density at radius 1 is 1.44 bits per heavy atom. The van der Waals surface area contributed by atoms with E-state index in [1.165, 1.54) is 0 Å². The number of hydrogen-bond donors (Lipinski definition) is 1. The van der Waals surface area contributed by atoms with Gasteiger partial charge in [0, 0.05) is 5.71 Å². The number of aliphatic imine (C=N–C) groups is 1. The Morgan fingerprint density at radius 2 is 2.12 bits per heavy atom. The van der Waals surface area contributed by atoms with E-state index in [1.54, 1.807) is 6.07 Å². The van der Waals surface area contributed by atoms with Crippen molar-refractivity contribution in [2.45, 2.75) is 27.4 Å². The zero-order chi connectivity index (χ0) is 11.9. The maximum absolute atomic E-state index is 12.1. The normalized spacial score (nSPS) is 19.4. The number of Topliss-reactive ketones (excluding diaryl/α,β-unsaturated/α-hetero) is 1. The van der Waals surface area contributed by atoms with E-state index in [0.717, 1.165) is 11.3 Å². The molecule has 4 heteroatoms. The molecule has 2 rings (SSSR count). The predicted octanol–water partition coefficient (Wildman–Crippen LogP) is 1.81. The third-order valence-corrected chi connectivity index (χ3v) is 2.96. The monoisotopic (exact) mass is 218 g/mol. The van der Waals surface area contributed by atoms with Crippen LogP contribution in [0.25, 0.3) is 0 Å². The number of fused-ring (bicyclic) bond motifs is 1. The highest BCUT2D eigenvalue weighted by atomic mass is 16.3. The Balaban J connectivity index is 2.67. The van der Waals surface area contributed by atoms with Gasteiger partial charge in [0.2, 0.25) is 0 Å². The molecular formula is C12H14N2O2. The lowest BCUT2D eigenvalue weighted by atomic mass is 9.90. The van der Waals surface area contributed by atoms with Gasteiger partial charge in [-0.1, -0.05) is 0 Å². The largest absolute Gasteiger partial charge is 0.390 e. The number of aromatic nitrogens is 1. The first-order valence-corrected chi connectivity index (χ1v) is 5.25. The first-order chi connectivity index (χ1) is 7.54. The van der Waals surface area contributed by atoms with E-state index in [-0.39, 0.29) is 18.3 Å². The number of aliphatic hydroxyl groups is 1. The van der Waals surface area contributed by atoms with Gasteiger partial charge in [0.15, 0.2) is 11.6 Å². The molecule has 0 amide bonds. The van der Waals surface area contributed by atoms with Gasteiger partial charge in [-0.15, -0.1) is 0 Å². The maximum atomic E-state index is 12.1. The molecule has 1 aliphatic heterocycles. The van der Waals surface area contributed by atoms with Crippen LogP contribution < -0.4 is 0 Å². The first kappa shape index (κ1) is 11.0. The molecule has 84 valence electrons. The lowest BCUT2D eigenvalue weighted by Gasteiger charge is -2.19. The van der Waals surface area contributed by atoms with Crippen LogP contribution in [0.4, 0.5) is 5.82 Å². The molecule has 0 saturated heterocycles. The lowest BCUT2D eigenvalue weighted by Crippen LogP contribution is -2.24. The fourth-order valence-corrected chi connectivity index (χ4v) is 1.86. The van der Waals surface area contributed by atoms with E-state index in [9.17, 15) is 4.79 Å². The first-order valence-electron chi connectivity index (χ1n) is 5.25. The van der Waals surface area contributed by atoms with Gasteiger partial charge in [0.1, 0.15) is 0 Å². The molecule has 0 saturated carbocycles. The van der Waals surface area contributed by atoms with Gasteiger partial charge in [-0.05, 0) is 32.4 Å². The fraction of sp³-hybridized carbons (Fsp3) is 0.417. The van der Waals surface area contributed by atoms with Crippen molar-refractivity contribution in [3.8, 4) is 0 Å². The van der Waals surface area contributed by atoms with Crippen molar-refractivity contribution in [2.24, 2.45) is 10.9 Å². The standard InChI is InChI=1S/C12H14N2O2/c1-6-4-9(5-15)14-12-10(6)11(16)7(2)8(3)13-12/h4,7,15H,5H2,1-3H3. The van der Waals surface area contributed by atoms with Crippen molar-refractivity contribution in [2.75, 3.05) is 0 Å². The molecule has 0 fully saturated rings. The Labute approximate surface area is 94.1 Å². The highest BCUT2D eigenvalue weighted by Gasteiger charge is 2.28. The molecule has 4 nitrogen and oxygen atoms in total. The number of carbonyl (C=O) groups excluding carboxylic acids is 1. The van der Waals surface area contributed by atoms with E-state index in [0.29, 0.717) is 17.1 Å². The summed E-state index contributed by atoms with van der Waals surface area (Å²) in [5, 5.41) is 9.05. The van der Waals surface area contributed by atoms with Crippen molar-refractivity contribution in [3.05, 3.63) is 22.9 Å². The summed E-state index contributed by atoms with van der Waals surface area (Å²) < 4.78 is 0. The predicted molar refractivity (Wildman–Crippen MR) is 61.2 cm³/mol. The lowest BCUT2D eigenvalue weighted by molar-refractivity contribution is 0.0959. The number of pyridine rings is 1. The second kappa shape index (κ2) is 3.79. The van der Waals surface area contributed by atoms with Crippen molar-refractivity contribution < 1.29 is 9.90 Å². The third kappa shape index (κ3) is 1.55. The zero-order valence-electron chi connectivity index (χ0n) is 9.61. The van der Waals surface area contributed by atoms with E-state index in [4.69, 9.17) is 5.11 Å². The second-order valence-electron chi connectivity index (χ2n) is 4.13. The minimum absolute atomic E-state index is 0.0667. The summed E-state index contributed by atoms with van der Waals surface area (Å²) in [6.45, 7) is 5.39. The van der Waals surface area contributed by atoms with E-state index >= 15 is 0 Å². The number of rotatable bonds is 1. The molecule has 1 atom stereocenters. The van der Waals surface area contributed by atoms with Gasteiger partial charge in [0.25, 0.3) is 0 Å². The summed E-state index contributed by atoms with van der Waals surface area (Å²) in [6.07, 6.45) is 0. The number of aliphatic hydroxyl groups excluding tert-OH is 1. The molecule has 0 bridgehead atoms. The van der Waals surface area contributed by atoms with E-state index < -0.39 is 0 Å². The minimum atomic E-state index is -0.173. The Morgan fingerprint density at radius 3 is 2.75 bits per heavy atom. The molecule has 1 aromatic heterocycles. The molecule has 0 aliphatic carbocycles. The van der Waals surface area contributed by atoms with E-state index in [1.807, 2.05) is 20.8 Å². The molecule has 0 aromatic carbocycles. The number of carbonyl (C=O) groups is 1. The van der Waals surface area contributed by atoms with Crippen LogP contribution in [0, 0.1) is 12.8 Å². The van der Waals surface area contributed by atoms with Crippen molar-refractivity contribution in [3.63, 3.8) is 0 Å². The van der Waals surface area contributed by atoms with Crippen molar-refractivity contribution in [1.29, 1.82) is 0 Å². The van der Waals surface area contributed by atoms with Gasteiger partial charge < -0.3 is 5.11 Å². The Hall–Kier alpha value is -1.55. The maximum Gasteiger partial charge on any atom is 0.175 e. The highest BCUT2D eigenvalue weighted by Crippen LogP contribution is 2.29. The van der Waals surface area contributed by atoms with Crippen LogP contribution in [0.15, 0.2) is 11.1 Å². The molecular weight excluding hydrogens is 204 g/mol. The number of aryl methyl sites for hydroxylation is 1. The van der Waals surface area contributed by atoms with Gasteiger partial charge in [-0.3, -0.25) is 4.79 Å². The van der Waals surface area contributed by atoms with Gasteiger partial charge >= 0.3 is 0 Å². The summed E-state index contributed by atoms with van der Waals surface area (Å²) in [6, 6.07) is 1.74. The molecule has 1 aliphatic rings. The van der Waals surface area contributed by atoms with Crippen LogP contribution in [0.1, 0.15) is 35.5 Å². The number of hydrogen-bond acceptors (Lipinski definition) is 4. The van der Waals surface area contributed by atoms with Crippen molar-refractivity contribution in [1.82, 2.24) is 4.98 Å². The summed E-state index contributed by atoms with van der Waals surface area (Å²) in [5.41, 5.74) is 2.76. The highest BCUT2D eigenvalue weighted by molar-refractivity contribution is 6.17. The zero-order valence-corrected chi connectivity index (χ0v) is 9.61. The average Bonchev–Trinajstić information content (AvgIpc) is 2.25. The smallest absolute Gasteiger partial charge is 0.175 e. The molecule has 1 aromatic rings. The van der Waals surface area contributed by atoms with Crippen LogP contribution in [-0.2, 0) is 6.61 Å². The fourth-order valence-electron chi connectivity index (χ4n) is 1.86. The summed E-state index contributed by atoms with van der Waals surface area (Å²) in [4.78, 5) is 20.6. The van der Waals surface area contributed by atoms with Crippen LogP contribution >= 0.6 is 0 Å². The third-order valence-electron chi connectivity index (χ3n) is 2.96. The van der Waals surface area contributed by atoms with E-state index in [2.05, 4.69) is 9.98 Å².